The van der Waals surface area contributed by atoms with Gasteiger partial charge in [-0.2, -0.15) is 13.2 Å². The van der Waals surface area contributed by atoms with Crippen LogP contribution in [0.1, 0.15) is 33.0 Å². The van der Waals surface area contributed by atoms with Crippen LogP contribution in [0.15, 0.2) is 54.6 Å². The minimum atomic E-state index is -4.58. The van der Waals surface area contributed by atoms with Gasteiger partial charge in [0.2, 0.25) is 5.91 Å². The molecule has 0 saturated heterocycles. The van der Waals surface area contributed by atoms with E-state index in [9.17, 15) is 31.5 Å². The van der Waals surface area contributed by atoms with Crippen LogP contribution in [0.5, 0.6) is 0 Å². The number of anilines is 2. The predicted molar refractivity (Wildman–Crippen MR) is 131 cm³/mol. The Labute approximate surface area is 222 Å². The lowest BCUT2D eigenvalue weighted by molar-refractivity contribution is -0.137. The van der Waals surface area contributed by atoms with Crippen LogP contribution in [-0.2, 0) is 17.4 Å². The molecule has 1 saturated carbocycles. The maximum Gasteiger partial charge on any atom is 0.416 e. The molecule has 2 atom stereocenters. The van der Waals surface area contributed by atoms with Crippen LogP contribution in [0.4, 0.5) is 33.3 Å². The van der Waals surface area contributed by atoms with E-state index < -0.39 is 63.3 Å². The van der Waals surface area contributed by atoms with E-state index in [4.69, 9.17) is 40.5 Å². The fraction of sp³-hybridized carbons (Fsp3) is 0.200. The molecule has 0 aromatic heterocycles. The maximum atomic E-state index is 14.2. The van der Waals surface area contributed by atoms with Crippen LogP contribution in [0.25, 0.3) is 0 Å². The zero-order chi connectivity index (χ0) is 27.3. The standard InChI is InChI=1S/C25H16Cl3F5N2O2/c26-16-6-5-14(10-15(16)18(36)9-12-4-7-17(29)22(34)21(12)30)35-23(37)20-19(24(20,27)28)11-2-1-3-13(8-11)25(31,32)33/h1-8,10,19-20H,9,34H2,(H,35,37)/t19-,20+/m0/s1. The molecule has 37 heavy (non-hydrogen) atoms. The summed E-state index contributed by atoms with van der Waals surface area (Å²) in [7, 11) is 0. The Morgan fingerprint density at radius 3 is 2.41 bits per heavy atom. The number of Topliss-reactive ketones (excluding diaryl/α,β-unsaturated/α-hetero) is 1. The highest BCUT2D eigenvalue weighted by atomic mass is 35.5. The van der Waals surface area contributed by atoms with Gasteiger partial charge in [0.25, 0.3) is 0 Å². The number of rotatable bonds is 6. The van der Waals surface area contributed by atoms with Gasteiger partial charge in [-0.25, -0.2) is 8.78 Å². The van der Waals surface area contributed by atoms with E-state index in [2.05, 4.69) is 5.32 Å². The Bertz CT molecular complexity index is 1410. The fourth-order valence-corrected chi connectivity index (χ4v) is 5.08. The van der Waals surface area contributed by atoms with Gasteiger partial charge in [-0.05, 0) is 41.5 Å². The molecule has 0 bridgehead atoms. The lowest BCUT2D eigenvalue weighted by atomic mass is 10.0. The number of hydrogen-bond acceptors (Lipinski definition) is 3. The molecule has 194 valence electrons. The van der Waals surface area contributed by atoms with Crippen LogP contribution in [0.3, 0.4) is 0 Å². The average molecular weight is 578 g/mol. The molecule has 12 heteroatoms. The molecule has 0 spiro atoms. The Morgan fingerprint density at radius 1 is 1.03 bits per heavy atom. The SMILES string of the molecule is Nc1c(F)ccc(CC(=O)c2cc(NC(=O)[C@H]3[C@H](c4cccc(C(F)(F)F)c4)C3(Cl)Cl)ccc2Cl)c1F. The van der Waals surface area contributed by atoms with E-state index in [0.717, 1.165) is 24.3 Å². The molecule has 1 fully saturated rings. The van der Waals surface area contributed by atoms with Crippen molar-refractivity contribution in [3.05, 3.63) is 93.5 Å². The highest BCUT2D eigenvalue weighted by Gasteiger charge is 2.67. The van der Waals surface area contributed by atoms with E-state index in [1.807, 2.05) is 0 Å². The highest BCUT2D eigenvalue weighted by molar-refractivity contribution is 6.53. The van der Waals surface area contributed by atoms with Crippen LogP contribution in [0.2, 0.25) is 5.02 Å². The summed E-state index contributed by atoms with van der Waals surface area (Å²) < 4.78 is 65.3. The number of halogens is 8. The van der Waals surface area contributed by atoms with Crippen molar-refractivity contribution in [3.63, 3.8) is 0 Å². The van der Waals surface area contributed by atoms with E-state index in [0.29, 0.717) is 0 Å². The average Bonchev–Trinajstić information content (AvgIpc) is 3.42. The number of nitrogens with two attached hydrogens (primary N) is 1. The first-order valence-corrected chi connectivity index (χ1v) is 11.8. The first-order chi connectivity index (χ1) is 17.2. The van der Waals surface area contributed by atoms with Crippen LogP contribution in [-0.4, -0.2) is 16.0 Å². The van der Waals surface area contributed by atoms with Crippen LogP contribution in [0, 0.1) is 17.6 Å². The number of carbonyl (C=O) groups is 2. The molecule has 4 nitrogen and oxygen atoms in total. The molecular weight excluding hydrogens is 562 g/mol. The van der Waals surface area contributed by atoms with Gasteiger partial charge in [-0.15, -0.1) is 23.2 Å². The fourth-order valence-electron chi connectivity index (χ4n) is 4.03. The molecule has 3 aromatic carbocycles. The van der Waals surface area contributed by atoms with Gasteiger partial charge in [-0.1, -0.05) is 35.9 Å². The maximum absolute atomic E-state index is 14.2. The van der Waals surface area contributed by atoms with E-state index in [-0.39, 0.29) is 27.4 Å². The lowest BCUT2D eigenvalue weighted by Crippen LogP contribution is -2.17. The van der Waals surface area contributed by atoms with Gasteiger partial charge >= 0.3 is 6.18 Å². The Morgan fingerprint density at radius 2 is 1.73 bits per heavy atom. The molecule has 0 aliphatic heterocycles. The Balaban J connectivity index is 1.52. The number of nitrogen functional groups attached to an aromatic ring is 1. The first-order valence-electron chi connectivity index (χ1n) is 10.6. The second kappa shape index (κ2) is 9.78. The van der Waals surface area contributed by atoms with Crippen molar-refractivity contribution < 1.29 is 31.5 Å². The zero-order valence-corrected chi connectivity index (χ0v) is 20.7. The summed E-state index contributed by atoms with van der Waals surface area (Å²) in [6.07, 6.45) is -5.07. The molecule has 4 rings (SSSR count). The smallest absolute Gasteiger partial charge is 0.394 e. The van der Waals surface area contributed by atoms with Crippen molar-refractivity contribution in [3.8, 4) is 0 Å². The van der Waals surface area contributed by atoms with Crippen molar-refractivity contribution in [1.82, 2.24) is 0 Å². The summed E-state index contributed by atoms with van der Waals surface area (Å²) in [5.74, 6) is -5.34. The molecule has 0 unspecified atom stereocenters. The summed E-state index contributed by atoms with van der Waals surface area (Å²) >= 11 is 18.6. The first kappa shape index (κ1) is 27.2. The monoisotopic (exact) mass is 576 g/mol. The summed E-state index contributed by atoms with van der Waals surface area (Å²) in [4.78, 5) is 25.7. The van der Waals surface area contributed by atoms with Crippen LogP contribution < -0.4 is 11.1 Å². The summed E-state index contributed by atoms with van der Waals surface area (Å²) in [5.41, 5.74) is 3.77. The summed E-state index contributed by atoms with van der Waals surface area (Å²) in [5, 5.41) is 2.54. The van der Waals surface area contributed by atoms with Gasteiger partial charge in [0, 0.05) is 23.6 Å². The zero-order valence-electron chi connectivity index (χ0n) is 18.5. The van der Waals surface area contributed by atoms with Crippen molar-refractivity contribution in [2.45, 2.75) is 22.8 Å². The predicted octanol–water partition coefficient (Wildman–Crippen LogP) is 7.17. The van der Waals surface area contributed by atoms with Crippen molar-refractivity contribution >= 4 is 57.9 Å². The minimum absolute atomic E-state index is 0.00999. The summed E-state index contributed by atoms with van der Waals surface area (Å²) in [6, 6.07) is 10.3. The van der Waals surface area contributed by atoms with Crippen molar-refractivity contribution in [1.29, 1.82) is 0 Å². The number of nitrogens with one attached hydrogen (secondary N) is 1. The van der Waals surface area contributed by atoms with Crippen molar-refractivity contribution in [2.24, 2.45) is 5.92 Å². The number of benzene rings is 3. The third-order valence-electron chi connectivity index (χ3n) is 6.00. The normalized spacial score (nSPS) is 18.4. The lowest BCUT2D eigenvalue weighted by Gasteiger charge is -2.10. The number of ketones is 1. The minimum Gasteiger partial charge on any atom is -0.394 e. The molecule has 1 aliphatic rings. The van der Waals surface area contributed by atoms with Gasteiger partial charge < -0.3 is 11.1 Å². The van der Waals surface area contributed by atoms with Gasteiger partial charge in [0.15, 0.2) is 11.6 Å². The highest BCUT2D eigenvalue weighted by Crippen LogP contribution is 2.65. The molecule has 3 aromatic rings. The number of alkyl halides is 5. The van der Waals surface area contributed by atoms with E-state index in [1.54, 1.807) is 0 Å². The quantitative estimate of drug-likeness (QED) is 0.141. The molecule has 0 heterocycles. The van der Waals surface area contributed by atoms with Gasteiger partial charge in [0.1, 0.15) is 15.8 Å². The van der Waals surface area contributed by atoms with Gasteiger partial charge in [0.05, 0.1) is 16.5 Å². The Kier molecular flexibility index (Phi) is 7.18. The summed E-state index contributed by atoms with van der Waals surface area (Å²) in [6.45, 7) is 0. The third kappa shape index (κ3) is 5.39. The van der Waals surface area contributed by atoms with E-state index in [1.165, 1.54) is 30.3 Å². The van der Waals surface area contributed by atoms with E-state index >= 15 is 0 Å². The van der Waals surface area contributed by atoms with Crippen LogP contribution >= 0.6 is 34.8 Å². The number of amides is 1. The largest absolute Gasteiger partial charge is 0.416 e. The number of hydrogen-bond donors (Lipinski definition) is 2. The molecule has 0 radical (unpaired) electrons. The third-order valence-corrected chi connectivity index (χ3v) is 7.27. The Hall–Kier alpha value is -2.88. The second-order valence-electron chi connectivity index (χ2n) is 8.47. The topological polar surface area (TPSA) is 72.2 Å². The molecule has 1 aliphatic carbocycles. The van der Waals surface area contributed by atoms with Gasteiger partial charge in [-0.3, -0.25) is 9.59 Å². The molecule has 3 N–H and O–H groups in total. The number of carbonyl (C=O) groups excluding carboxylic acids is 2. The molecule has 1 amide bonds. The second-order valence-corrected chi connectivity index (χ2v) is 10.3. The molecular formula is C25H16Cl3F5N2O2. The van der Waals surface area contributed by atoms with Crippen molar-refractivity contribution in [2.75, 3.05) is 11.1 Å².